The minimum absolute atomic E-state index is 0.256. The molecule has 0 atom stereocenters. The maximum absolute atomic E-state index is 12.3. The van der Waals surface area contributed by atoms with E-state index >= 15 is 0 Å². The summed E-state index contributed by atoms with van der Waals surface area (Å²) < 4.78 is 40.6. The third-order valence-electron chi connectivity index (χ3n) is 5.16. The fourth-order valence-corrected chi connectivity index (χ4v) is 3.62. The lowest BCUT2D eigenvalue weighted by Crippen LogP contribution is -2.16. The van der Waals surface area contributed by atoms with Crippen molar-refractivity contribution in [2.45, 2.75) is 32.5 Å². The molecule has 4 aromatic carbocycles. The summed E-state index contributed by atoms with van der Waals surface area (Å²) in [5, 5.41) is 4.74. The molecule has 4 heteroatoms. The molecular weight excluding hydrogens is 397 g/mol. The molecule has 0 aliphatic rings. The van der Waals surface area contributed by atoms with Crippen LogP contribution in [0.25, 0.3) is 21.5 Å². The Bertz CT molecular complexity index is 1280. The summed E-state index contributed by atoms with van der Waals surface area (Å²) in [7, 11) is 0. The van der Waals surface area contributed by atoms with E-state index < -0.39 is 6.36 Å². The fourth-order valence-electron chi connectivity index (χ4n) is 3.62. The molecule has 0 aliphatic heterocycles. The van der Waals surface area contributed by atoms with Crippen LogP contribution in [0, 0.1) is 11.8 Å². The monoisotopic (exact) mass is 418 g/mol. The van der Waals surface area contributed by atoms with E-state index in [1.165, 1.54) is 58.8 Å². The zero-order valence-electron chi connectivity index (χ0n) is 17.1. The van der Waals surface area contributed by atoms with E-state index in [0.29, 0.717) is 5.56 Å². The third kappa shape index (κ3) is 5.19. The number of rotatable bonds is 4. The minimum Gasteiger partial charge on any atom is -0.406 e. The number of alkyl halides is 3. The Balaban J connectivity index is 1.58. The number of aryl methyl sites for hydroxylation is 1. The van der Waals surface area contributed by atoms with Gasteiger partial charge in [-0.2, -0.15) is 0 Å². The first-order valence-corrected chi connectivity index (χ1v) is 10.2. The van der Waals surface area contributed by atoms with Gasteiger partial charge in [0.05, 0.1) is 0 Å². The molecule has 0 aliphatic carbocycles. The number of fused-ring (bicyclic) bond motifs is 3. The van der Waals surface area contributed by atoms with Gasteiger partial charge in [-0.3, -0.25) is 0 Å². The van der Waals surface area contributed by atoms with E-state index in [0.717, 1.165) is 17.4 Å². The van der Waals surface area contributed by atoms with Crippen molar-refractivity contribution in [1.82, 2.24) is 0 Å². The molecule has 0 amide bonds. The van der Waals surface area contributed by atoms with Crippen LogP contribution in [0.2, 0.25) is 0 Å². The molecule has 0 fully saturated rings. The Kier molecular flexibility index (Phi) is 5.86. The maximum Gasteiger partial charge on any atom is 0.573 e. The largest absolute Gasteiger partial charge is 0.573 e. The molecule has 0 N–H and O–H groups in total. The molecule has 31 heavy (non-hydrogen) atoms. The Morgan fingerprint density at radius 3 is 2.03 bits per heavy atom. The van der Waals surface area contributed by atoms with E-state index in [1.54, 1.807) is 0 Å². The summed E-state index contributed by atoms with van der Waals surface area (Å²) in [6.45, 7) is 2.20. The minimum atomic E-state index is -4.69. The van der Waals surface area contributed by atoms with Crippen LogP contribution >= 0.6 is 0 Å². The average molecular weight is 418 g/mol. The zero-order valence-corrected chi connectivity index (χ0v) is 17.1. The molecule has 0 saturated carbocycles. The summed E-state index contributed by atoms with van der Waals surface area (Å²) in [6, 6.07) is 22.6. The van der Waals surface area contributed by atoms with Crippen LogP contribution in [0.4, 0.5) is 13.2 Å². The van der Waals surface area contributed by atoms with Crippen LogP contribution in [0.5, 0.6) is 5.75 Å². The second-order valence-electron chi connectivity index (χ2n) is 7.48. The van der Waals surface area contributed by atoms with E-state index in [4.69, 9.17) is 0 Å². The standard InChI is InChI=1S/C27H21F3O/c1-2-3-4-20-9-15-25-22(17-20)11-12-23-18-21(10-16-26(23)25)6-5-19-7-13-24(14-8-19)31-27(28,29)30/h7-18H,2-4H2,1H3. The molecule has 0 spiro atoms. The van der Waals surface area contributed by atoms with Crippen molar-refractivity contribution in [3.63, 3.8) is 0 Å². The van der Waals surface area contributed by atoms with Crippen molar-refractivity contribution in [1.29, 1.82) is 0 Å². The molecule has 0 heterocycles. The predicted octanol–water partition coefficient (Wildman–Crippen LogP) is 7.63. The smallest absolute Gasteiger partial charge is 0.406 e. The average Bonchev–Trinajstić information content (AvgIpc) is 2.75. The van der Waals surface area contributed by atoms with Crippen molar-refractivity contribution in [2.75, 3.05) is 0 Å². The summed E-state index contributed by atoms with van der Waals surface area (Å²) in [5.74, 6) is 5.83. The van der Waals surface area contributed by atoms with E-state index in [9.17, 15) is 13.2 Å². The second-order valence-corrected chi connectivity index (χ2v) is 7.48. The lowest BCUT2D eigenvalue weighted by molar-refractivity contribution is -0.274. The Labute approximate surface area is 179 Å². The highest BCUT2D eigenvalue weighted by Gasteiger charge is 2.30. The first-order chi connectivity index (χ1) is 14.9. The van der Waals surface area contributed by atoms with Crippen molar-refractivity contribution in [3.8, 4) is 17.6 Å². The van der Waals surface area contributed by atoms with E-state index in [-0.39, 0.29) is 5.75 Å². The molecule has 0 radical (unpaired) electrons. The van der Waals surface area contributed by atoms with Crippen molar-refractivity contribution in [2.24, 2.45) is 0 Å². The lowest BCUT2D eigenvalue weighted by atomic mass is 9.97. The van der Waals surface area contributed by atoms with Gasteiger partial charge in [0.1, 0.15) is 5.75 Å². The van der Waals surface area contributed by atoms with Gasteiger partial charge < -0.3 is 4.74 Å². The maximum atomic E-state index is 12.3. The van der Waals surface area contributed by atoms with Crippen LogP contribution in [-0.2, 0) is 6.42 Å². The van der Waals surface area contributed by atoms with Crippen LogP contribution < -0.4 is 4.74 Å². The summed E-state index contributed by atoms with van der Waals surface area (Å²) in [6.07, 6.45) is -1.22. The molecular formula is C27H21F3O. The summed E-state index contributed by atoms with van der Waals surface area (Å²) in [4.78, 5) is 0. The number of ether oxygens (including phenoxy) is 1. The molecule has 0 saturated heterocycles. The van der Waals surface area contributed by atoms with Gasteiger partial charge in [-0.15, -0.1) is 13.2 Å². The fraction of sp³-hybridized carbons (Fsp3) is 0.185. The number of hydrogen-bond donors (Lipinski definition) is 0. The van der Waals surface area contributed by atoms with Crippen molar-refractivity contribution < 1.29 is 17.9 Å². The highest BCUT2D eigenvalue weighted by atomic mass is 19.4. The van der Waals surface area contributed by atoms with Gasteiger partial charge in [0.25, 0.3) is 0 Å². The van der Waals surface area contributed by atoms with Crippen LogP contribution in [0.3, 0.4) is 0 Å². The molecule has 0 bridgehead atoms. The van der Waals surface area contributed by atoms with Crippen LogP contribution in [0.15, 0.2) is 72.8 Å². The number of halogens is 3. The highest BCUT2D eigenvalue weighted by molar-refractivity contribution is 6.07. The van der Waals surface area contributed by atoms with Gasteiger partial charge >= 0.3 is 6.36 Å². The summed E-state index contributed by atoms with van der Waals surface area (Å²) in [5.41, 5.74) is 2.83. The van der Waals surface area contributed by atoms with E-state index in [2.05, 4.69) is 59.9 Å². The summed E-state index contributed by atoms with van der Waals surface area (Å²) >= 11 is 0. The van der Waals surface area contributed by atoms with Crippen molar-refractivity contribution in [3.05, 3.63) is 89.5 Å². The number of hydrogen-bond acceptors (Lipinski definition) is 1. The predicted molar refractivity (Wildman–Crippen MR) is 119 cm³/mol. The van der Waals surface area contributed by atoms with Gasteiger partial charge in [0.15, 0.2) is 0 Å². The van der Waals surface area contributed by atoms with Gasteiger partial charge in [-0.05, 0) is 76.3 Å². The van der Waals surface area contributed by atoms with Gasteiger partial charge in [0, 0.05) is 11.1 Å². The first kappa shape index (κ1) is 20.8. The lowest BCUT2D eigenvalue weighted by Gasteiger charge is -2.08. The zero-order chi connectivity index (χ0) is 21.8. The normalized spacial score (nSPS) is 11.4. The van der Waals surface area contributed by atoms with Gasteiger partial charge in [-0.25, -0.2) is 0 Å². The second kappa shape index (κ2) is 8.73. The highest BCUT2D eigenvalue weighted by Crippen LogP contribution is 2.27. The van der Waals surface area contributed by atoms with Crippen LogP contribution in [-0.4, -0.2) is 6.36 Å². The van der Waals surface area contributed by atoms with Crippen LogP contribution in [0.1, 0.15) is 36.5 Å². The Hall–Kier alpha value is -3.45. The number of benzene rings is 4. The number of unbranched alkanes of at least 4 members (excludes halogenated alkanes) is 1. The van der Waals surface area contributed by atoms with E-state index in [1.807, 2.05) is 12.1 Å². The third-order valence-corrected chi connectivity index (χ3v) is 5.16. The van der Waals surface area contributed by atoms with Gasteiger partial charge in [-0.1, -0.05) is 61.6 Å². The Morgan fingerprint density at radius 1 is 0.742 bits per heavy atom. The molecule has 156 valence electrons. The molecule has 0 unspecified atom stereocenters. The molecule has 4 aromatic rings. The van der Waals surface area contributed by atoms with Gasteiger partial charge in [0.2, 0.25) is 0 Å². The topological polar surface area (TPSA) is 9.23 Å². The first-order valence-electron chi connectivity index (χ1n) is 10.2. The SMILES string of the molecule is CCCCc1ccc2c(ccc3cc(C#Cc4ccc(OC(F)(F)F)cc4)ccc32)c1. The Morgan fingerprint density at radius 2 is 1.35 bits per heavy atom. The molecule has 1 nitrogen and oxygen atoms in total. The van der Waals surface area contributed by atoms with Crippen molar-refractivity contribution >= 4 is 21.5 Å². The molecule has 4 rings (SSSR count). The molecule has 0 aromatic heterocycles. The quantitative estimate of drug-likeness (QED) is 0.244.